The molecule has 2 unspecified atom stereocenters. The molecule has 1 aliphatic rings. The van der Waals surface area contributed by atoms with Gasteiger partial charge in [-0.3, -0.25) is 4.79 Å². The van der Waals surface area contributed by atoms with E-state index in [-0.39, 0.29) is 24.3 Å². The summed E-state index contributed by atoms with van der Waals surface area (Å²) in [5, 5.41) is 8.59. The van der Waals surface area contributed by atoms with Crippen molar-refractivity contribution in [1.82, 2.24) is 4.90 Å². The third-order valence-corrected chi connectivity index (χ3v) is 2.28. The molecule has 1 N–H and O–H groups in total. The first-order chi connectivity index (χ1) is 6.02. The van der Waals surface area contributed by atoms with Crippen molar-refractivity contribution >= 4 is 12.1 Å². The van der Waals surface area contributed by atoms with Crippen LogP contribution < -0.4 is 0 Å². The third kappa shape index (κ3) is 2.11. The quantitative estimate of drug-likeness (QED) is 0.635. The van der Waals surface area contributed by atoms with Gasteiger partial charge in [0.25, 0.3) is 0 Å². The maximum Gasteiger partial charge on any atom is 0.407 e. The first kappa shape index (κ1) is 9.83. The van der Waals surface area contributed by atoms with E-state index >= 15 is 0 Å². The average molecular weight is 187 g/mol. The van der Waals surface area contributed by atoms with Crippen LogP contribution in [0.3, 0.4) is 0 Å². The Labute approximate surface area is 76.3 Å². The molecule has 0 aromatic carbocycles. The molecule has 74 valence electrons. The van der Waals surface area contributed by atoms with Crippen LogP contribution in [-0.4, -0.2) is 42.3 Å². The highest BCUT2D eigenvalue weighted by molar-refractivity contribution is 5.75. The van der Waals surface area contributed by atoms with Gasteiger partial charge in [0.1, 0.15) is 0 Å². The summed E-state index contributed by atoms with van der Waals surface area (Å²) in [6.07, 6.45) is -1.02. The number of cyclic esters (lactones) is 1. The SMILES string of the molecule is CC1COC(=O)C1CN(C)C(=O)O. The van der Waals surface area contributed by atoms with Gasteiger partial charge in [-0.25, -0.2) is 4.79 Å². The number of carbonyl (C=O) groups is 2. The molecule has 2 atom stereocenters. The van der Waals surface area contributed by atoms with E-state index in [0.29, 0.717) is 6.61 Å². The summed E-state index contributed by atoms with van der Waals surface area (Å²) in [6, 6.07) is 0. The van der Waals surface area contributed by atoms with Crippen LogP contribution in [-0.2, 0) is 9.53 Å². The van der Waals surface area contributed by atoms with Gasteiger partial charge in [0, 0.05) is 19.5 Å². The van der Waals surface area contributed by atoms with Crippen molar-refractivity contribution in [2.75, 3.05) is 20.2 Å². The Morgan fingerprint density at radius 2 is 2.38 bits per heavy atom. The Morgan fingerprint density at radius 1 is 1.77 bits per heavy atom. The maximum atomic E-state index is 11.1. The van der Waals surface area contributed by atoms with Crippen molar-refractivity contribution in [2.45, 2.75) is 6.92 Å². The Hall–Kier alpha value is -1.26. The number of carbonyl (C=O) groups excluding carboxylic acids is 1. The second kappa shape index (κ2) is 3.64. The van der Waals surface area contributed by atoms with Gasteiger partial charge in [-0.15, -0.1) is 0 Å². The van der Waals surface area contributed by atoms with E-state index < -0.39 is 6.09 Å². The topological polar surface area (TPSA) is 66.8 Å². The minimum absolute atomic E-state index is 0.106. The fourth-order valence-electron chi connectivity index (χ4n) is 1.30. The molecule has 5 nitrogen and oxygen atoms in total. The number of carboxylic acid groups (broad SMARTS) is 1. The van der Waals surface area contributed by atoms with Crippen LogP contribution >= 0.6 is 0 Å². The van der Waals surface area contributed by atoms with Gasteiger partial charge in [0.2, 0.25) is 0 Å². The lowest BCUT2D eigenvalue weighted by Gasteiger charge is -2.17. The summed E-state index contributed by atoms with van der Waals surface area (Å²) in [7, 11) is 1.45. The fourth-order valence-corrected chi connectivity index (χ4v) is 1.30. The number of esters is 1. The van der Waals surface area contributed by atoms with Gasteiger partial charge < -0.3 is 14.7 Å². The molecule has 1 saturated heterocycles. The zero-order chi connectivity index (χ0) is 10.0. The van der Waals surface area contributed by atoms with E-state index in [1.54, 1.807) is 0 Å². The molecule has 1 rings (SSSR count). The van der Waals surface area contributed by atoms with Crippen LogP contribution in [0.1, 0.15) is 6.92 Å². The standard InChI is InChI=1S/C8H13NO4/c1-5-4-13-7(10)6(5)3-9(2)8(11)12/h5-6H,3-4H2,1-2H3,(H,11,12). The number of hydrogen-bond donors (Lipinski definition) is 1. The molecular formula is C8H13NO4. The van der Waals surface area contributed by atoms with E-state index in [1.165, 1.54) is 7.05 Å². The van der Waals surface area contributed by atoms with E-state index in [0.717, 1.165) is 4.90 Å². The van der Waals surface area contributed by atoms with Gasteiger partial charge in [0.15, 0.2) is 0 Å². The van der Waals surface area contributed by atoms with Crippen molar-refractivity contribution < 1.29 is 19.4 Å². The highest BCUT2D eigenvalue weighted by atomic mass is 16.5. The highest BCUT2D eigenvalue weighted by Crippen LogP contribution is 2.22. The second-order valence-corrected chi connectivity index (χ2v) is 3.38. The van der Waals surface area contributed by atoms with Crippen LogP contribution in [0, 0.1) is 11.8 Å². The van der Waals surface area contributed by atoms with Crippen LogP contribution in [0.15, 0.2) is 0 Å². The molecule has 0 radical (unpaired) electrons. The van der Waals surface area contributed by atoms with Crippen LogP contribution in [0.2, 0.25) is 0 Å². The predicted molar refractivity (Wildman–Crippen MR) is 44.3 cm³/mol. The summed E-state index contributed by atoms with van der Waals surface area (Å²) in [4.78, 5) is 22.7. The Kier molecular flexibility index (Phi) is 2.75. The van der Waals surface area contributed by atoms with Crippen molar-refractivity contribution in [2.24, 2.45) is 11.8 Å². The molecule has 1 heterocycles. The minimum atomic E-state index is -1.02. The van der Waals surface area contributed by atoms with Crippen molar-refractivity contribution in [1.29, 1.82) is 0 Å². The third-order valence-electron chi connectivity index (χ3n) is 2.28. The monoisotopic (exact) mass is 187 g/mol. The molecule has 13 heavy (non-hydrogen) atoms. The van der Waals surface area contributed by atoms with E-state index in [2.05, 4.69) is 0 Å². The lowest BCUT2D eigenvalue weighted by Crippen LogP contribution is -2.34. The largest absolute Gasteiger partial charge is 0.465 e. The Bertz CT molecular complexity index is 228. The first-order valence-corrected chi connectivity index (χ1v) is 4.13. The number of nitrogens with zero attached hydrogens (tertiary/aromatic N) is 1. The summed E-state index contributed by atoms with van der Waals surface area (Å²) in [6.45, 7) is 2.50. The van der Waals surface area contributed by atoms with Crippen LogP contribution in [0.25, 0.3) is 0 Å². The summed E-state index contributed by atoms with van der Waals surface area (Å²) >= 11 is 0. The normalized spacial score (nSPS) is 27.1. The van der Waals surface area contributed by atoms with E-state index in [4.69, 9.17) is 9.84 Å². The van der Waals surface area contributed by atoms with Crippen LogP contribution in [0.5, 0.6) is 0 Å². The summed E-state index contributed by atoms with van der Waals surface area (Å²) in [5.74, 6) is -0.490. The molecule has 0 spiro atoms. The lowest BCUT2D eigenvalue weighted by molar-refractivity contribution is -0.141. The predicted octanol–water partition coefficient (Wildman–Crippen LogP) is 0.405. The van der Waals surface area contributed by atoms with Crippen LogP contribution in [0.4, 0.5) is 4.79 Å². The smallest absolute Gasteiger partial charge is 0.407 e. The van der Waals surface area contributed by atoms with Gasteiger partial charge in [-0.2, -0.15) is 0 Å². The van der Waals surface area contributed by atoms with Gasteiger partial charge in [-0.05, 0) is 0 Å². The number of ether oxygens (including phenoxy) is 1. The molecular weight excluding hydrogens is 174 g/mol. The van der Waals surface area contributed by atoms with Crippen molar-refractivity contribution in [3.05, 3.63) is 0 Å². The zero-order valence-electron chi connectivity index (χ0n) is 7.69. The molecule has 0 aliphatic carbocycles. The number of rotatable bonds is 2. The van der Waals surface area contributed by atoms with E-state index in [9.17, 15) is 9.59 Å². The zero-order valence-corrected chi connectivity index (χ0v) is 7.69. The molecule has 1 aliphatic heterocycles. The molecule has 5 heteroatoms. The Balaban J connectivity index is 2.52. The summed E-state index contributed by atoms with van der Waals surface area (Å²) in [5.41, 5.74) is 0. The van der Waals surface area contributed by atoms with Crippen molar-refractivity contribution in [3.63, 3.8) is 0 Å². The average Bonchev–Trinajstić information content (AvgIpc) is 2.35. The molecule has 1 amide bonds. The van der Waals surface area contributed by atoms with Gasteiger partial charge in [0.05, 0.1) is 12.5 Å². The fraction of sp³-hybridized carbons (Fsp3) is 0.750. The Morgan fingerprint density at radius 3 is 2.77 bits per heavy atom. The maximum absolute atomic E-state index is 11.1. The molecule has 0 aromatic heterocycles. The summed E-state index contributed by atoms with van der Waals surface area (Å²) < 4.78 is 4.80. The van der Waals surface area contributed by atoms with E-state index in [1.807, 2.05) is 6.92 Å². The van der Waals surface area contributed by atoms with Gasteiger partial charge in [-0.1, -0.05) is 6.92 Å². The highest BCUT2D eigenvalue weighted by Gasteiger charge is 2.35. The minimum Gasteiger partial charge on any atom is -0.465 e. The molecule has 0 saturated carbocycles. The van der Waals surface area contributed by atoms with Crippen molar-refractivity contribution in [3.8, 4) is 0 Å². The molecule has 1 fully saturated rings. The first-order valence-electron chi connectivity index (χ1n) is 4.13. The second-order valence-electron chi connectivity index (χ2n) is 3.38. The van der Waals surface area contributed by atoms with Gasteiger partial charge >= 0.3 is 12.1 Å². The molecule has 0 aromatic rings. The number of hydrogen-bond acceptors (Lipinski definition) is 3. The number of amides is 1. The molecule has 0 bridgehead atoms. The lowest BCUT2D eigenvalue weighted by atomic mass is 9.97.